The lowest BCUT2D eigenvalue weighted by molar-refractivity contribution is -0.148. The van der Waals surface area contributed by atoms with Gasteiger partial charge >= 0.3 is 5.97 Å². The molecular formula is C15H22N4O3. The molecule has 1 aliphatic heterocycles. The van der Waals surface area contributed by atoms with Crippen LogP contribution in [-0.2, 0) is 14.3 Å². The van der Waals surface area contributed by atoms with E-state index < -0.39 is 0 Å². The van der Waals surface area contributed by atoms with Gasteiger partial charge in [0.05, 0.1) is 31.0 Å². The van der Waals surface area contributed by atoms with Gasteiger partial charge in [0.2, 0.25) is 5.91 Å². The van der Waals surface area contributed by atoms with Crippen molar-refractivity contribution in [2.45, 2.75) is 19.8 Å². The van der Waals surface area contributed by atoms with Crippen LogP contribution in [0.1, 0.15) is 19.8 Å². The molecule has 1 amide bonds. The maximum absolute atomic E-state index is 11.9. The summed E-state index contributed by atoms with van der Waals surface area (Å²) in [7, 11) is 0. The van der Waals surface area contributed by atoms with Gasteiger partial charge in [0, 0.05) is 13.1 Å². The van der Waals surface area contributed by atoms with E-state index in [0.29, 0.717) is 19.0 Å². The van der Waals surface area contributed by atoms with Crippen molar-refractivity contribution in [2.75, 3.05) is 36.5 Å². The number of rotatable bonds is 5. The first-order valence-electron chi connectivity index (χ1n) is 7.51. The molecule has 7 heteroatoms. The average molecular weight is 306 g/mol. The van der Waals surface area contributed by atoms with Crippen LogP contribution in [0.4, 0.5) is 11.5 Å². The summed E-state index contributed by atoms with van der Waals surface area (Å²) in [6.07, 6.45) is 3.49. The standard InChI is InChI=1S/C15H22N4O3/c1-2-22-15(21)11-4-3-7-19(10-11)12-5-6-13(17-9-12)18-14(20)8-16/h5-6,9,11H,2-4,7-8,10,16H2,1H3,(H,17,18,20). The number of nitrogens with two attached hydrogens (primary N) is 1. The molecule has 1 aromatic rings. The first-order valence-corrected chi connectivity index (χ1v) is 7.51. The molecule has 0 aromatic carbocycles. The van der Waals surface area contributed by atoms with E-state index in [0.717, 1.165) is 25.1 Å². The van der Waals surface area contributed by atoms with Gasteiger partial charge < -0.3 is 20.7 Å². The summed E-state index contributed by atoms with van der Waals surface area (Å²) >= 11 is 0. The third-order valence-electron chi connectivity index (χ3n) is 3.61. The maximum Gasteiger partial charge on any atom is 0.310 e. The molecule has 2 heterocycles. The number of carbonyl (C=O) groups is 2. The molecule has 1 atom stereocenters. The van der Waals surface area contributed by atoms with E-state index in [-0.39, 0.29) is 24.3 Å². The van der Waals surface area contributed by atoms with Crippen LogP contribution in [0, 0.1) is 5.92 Å². The zero-order chi connectivity index (χ0) is 15.9. The quantitative estimate of drug-likeness (QED) is 0.779. The highest BCUT2D eigenvalue weighted by molar-refractivity contribution is 5.91. The molecule has 1 fully saturated rings. The summed E-state index contributed by atoms with van der Waals surface area (Å²) in [5.74, 6) is -0.0314. The third kappa shape index (κ3) is 4.17. The predicted molar refractivity (Wildman–Crippen MR) is 83.5 cm³/mol. The number of amides is 1. The third-order valence-corrected chi connectivity index (χ3v) is 3.61. The number of nitrogens with zero attached hydrogens (tertiary/aromatic N) is 2. The lowest BCUT2D eigenvalue weighted by atomic mass is 9.98. The number of anilines is 2. The van der Waals surface area contributed by atoms with E-state index in [1.54, 1.807) is 12.3 Å². The van der Waals surface area contributed by atoms with E-state index in [9.17, 15) is 9.59 Å². The van der Waals surface area contributed by atoms with Crippen molar-refractivity contribution in [3.63, 3.8) is 0 Å². The minimum Gasteiger partial charge on any atom is -0.466 e. The van der Waals surface area contributed by atoms with E-state index in [4.69, 9.17) is 10.5 Å². The molecule has 1 aliphatic rings. The monoisotopic (exact) mass is 306 g/mol. The Hall–Kier alpha value is -2.15. The summed E-state index contributed by atoms with van der Waals surface area (Å²) in [6, 6.07) is 3.61. The van der Waals surface area contributed by atoms with Crippen molar-refractivity contribution in [2.24, 2.45) is 11.7 Å². The fourth-order valence-corrected chi connectivity index (χ4v) is 2.51. The van der Waals surface area contributed by atoms with Crippen molar-refractivity contribution in [3.8, 4) is 0 Å². The number of esters is 1. The van der Waals surface area contributed by atoms with Crippen LogP contribution in [-0.4, -0.2) is 43.1 Å². The van der Waals surface area contributed by atoms with Crippen molar-refractivity contribution >= 4 is 23.4 Å². The van der Waals surface area contributed by atoms with Crippen molar-refractivity contribution in [1.29, 1.82) is 0 Å². The number of hydrogen-bond donors (Lipinski definition) is 2. The normalized spacial score (nSPS) is 17.9. The topological polar surface area (TPSA) is 97.5 Å². The molecule has 2 rings (SSSR count). The number of aromatic nitrogens is 1. The highest BCUT2D eigenvalue weighted by Gasteiger charge is 2.27. The Bertz CT molecular complexity index is 518. The number of ether oxygens (including phenoxy) is 1. The molecule has 0 spiro atoms. The predicted octanol–water partition coefficient (Wildman–Crippen LogP) is 0.758. The second-order valence-corrected chi connectivity index (χ2v) is 5.19. The Balaban J connectivity index is 1.98. The Morgan fingerprint density at radius 1 is 1.50 bits per heavy atom. The molecule has 0 aliphatic carbocycles. The first kappa shape index (κ1) is 16.2. The molecule has 0 bridgehead atoms. The summed E-state index contributed by atoms with van der Waals surface area (Å²) in [5, 5.41) is 2.60. The molecule has 22 heavy (non-hydrogen) atoms. The summed E-state index contributed by atoms with van der Waals surface area (Å²) < 4.78 is 5.10. The molecular weight excluding hydrogens is 284 g/mol. The Labute approximate surface area is 129 Å². The fourth-order valence-electron chi connectivity index (χ4n) is 2.51. The maximum atomic E-state index is 11.9. The number of hydrogen-bond acceptors (Lipinski definition) is 6. The molecule has 0 radical (unpaired) electrons. The van der Waals surface area contributed by atoms with E-state index in [1.165, 1.54) is 0 Å². The van der Waals surface area contributed by atoms with Gasteiger partial charge in [0.15, 0.2) is 0 Å². The van der Waals surface area contributed by atoms with Crippen LogP contribution in [0.15, 0.2) is 18.3 Å². The van der Waals surface area contributed by atoms with Crippen molar-refractivity contribution in [1.82, 2.24) is 4.98 Å². The van der Waals surface area contributed by atoms with E-state index in [2.05, 4.69) is 15.2 Å². The van der Waals surface area contributed by atoms with Crippen LogP contribution in [0.2, 0.25) is 0 Å². The summed E-state index contributed by atoms with van der Waals surface area (Å²) in [4.78, 5) is 29.4. The Morgan fingerprint density at radius 2 is 2.32 bits per heavy atom. The second kappa shape index (κ2) is 7.74. The molecule has 1 saturated heterocycles. The summed E-state index contributed by atoms with van der Waals surface area (Å²) in [6.45, 7) is 3.67. The molecule has 120 valence electrons. The Kier molecular flexibility index (Phi) is 5.71. The molecule has 3 N–H and O–H groups in total. The van der Waals surface area contributed by atoms with Crippen LogP contribution in [0.3, 0.4) is 0 Å². The van der Waals surface area contributed by atoms with Gasteiger partial charge in [-0.15, -0.1) is 0 Å². The minimum absolute atomic E-state index is 0.0726. The Morgan fingerprint density at radius 3 is 2.95 bits per heavy atom. The van der Waals surface area contributed by atoms with Gasteiger partial charge in [-0.05, 0) is 31.9 Å². The van der Waals surface area contributed by atoms with Crippen LogP contribution in [0.25, 0.3) is 0 Å². The fraction of sp³-hybridized carbons (Fsp3) is 0.533. The molecule has 7 nitrogen and oxygen atoms in total. The van der Waals surface area contributed by atoms with Crippen molar-refractivity contribution in [3.05, 3.63) is 18.3 Å². The zero-order valence-corrected chi connectivity index (χ0v) is 12.7. The number of nitrogens with one attached hydrogen (secondary N) is 1. The average Bonchev–Trinajstić information content (AvgIpc) is 2.56. The van der Waals surface area contributed by atoms with Gasteiger partial charge in [-0.3, -0.25) is 9.59 Å². The molecule has 0 saturated carbocycles. The molecule has 1 unspecified atom stereocenters. The lowest BCUT2D eigenvalue weighted by Gasteiger charge is -2.33. The number of carbonyl (C=O) groups excluding carboxylic acids is 2. The first-order chi connectivity index (χ1) is 10.6. The highest BCUT2D eigenvalue weighted by atomic mass is 16.5. The van der Waals surface area contributed by atoms with Crippen LogP contribution >= 0.6 is 0 Å². The van der Waals surface area contributed by atoms with Gasteiger partial charge in [-0.25, -0.2) is 4.98 Å². The van der Waals surface area contributed by atoms with Crippen LogP contribution in [0.5, 0.6) is 0 Å². The number of pyridine rings is 1. The zero-order valence-electron chi connectivity index (χ0n) is 12.7. The van der Waals surface area contributed by atoms with Gasteiger partial charge in [0.1, 0.15) is 5.82 Å². The lowest BCUT2D eigenvalue weighted by Crippen LogP contribution is -2.39. The van der Waals surface area contributed by atoms with Crippen molar-refractivity contribution < 1.29 is 14.3 Å². The van der Waals surface area contributed by atoms with Gasteiger partial charge in [0.25, 0.3) is 0 Å². The minimum atomic E-state index is -0.277. The second-order valence-electron chi connectivity index (χ2n) is 5.19. The SMILES string of the molecule is CCOC(=O)C1CCCN(c2ccc(NC(=O)CN)nc2)C1. The summed E-state index contributed by atoms with van der Waals surface area (Å²) in [5.41, 5.74) is 6.17. The van der Waals surface area contributed by atoms with Crippen LogP contribution < -0.4 is 16.0 Å². The van der Waals surface area contributed by atoms with Gasteiger partial charge in [-0.2, -0.15) is 0 Å². The smallest absolute Gasteiger partial charge is 0.310 e. The molecule has 1 aromatic heterocycles. The number of piperidine rings is 1. The largest absolute Gasteiger partial charge is 0.466 e. The highest BCUT2D eigenvalue weighted by Crippen LogP contribution is 2.24. The van der Waals surface area contributed by atoms with Gasteiger partial charge in [-0.1, -0.05) is 0 Å². The van der Waals surface area contributed by atoms with E-state index >= 15 is 0 Å². The van der Waals surface area contributed by atoms with E-state index in [1.807, 2.05) is 13.0 Å².